The van der Waals surface area contributed by atoms with Gasteiger partial charge in [0.2, 0.25) is 0 Å². The van der Waals surface area contributed by atoms with Crippen LogP contribution in [0.1, 0.15) is 33.6 Å². The summed E-state index contributed by atoms with van der Waals surface area (Å²) < 4.78 is 5.11. The second-order valence-corrected chi connectivity index (χ2v) is 4.53. The lowest BCUT2D eigenvalue weighted by Gasteiger charge is -2.29. The van der Waals surface area contributed by atoms with Crippen molar-refractivity contribution in [3.8, 4) is 5.75 Å². The van der Waals surface area contributed by atoms with Gasteiger partial charge in [-0.1, -0.05) is 13.8 Å². The van der Waals surface area contributed by atoms with Crippen molar-refractivity contribution in [1.82, 2.24) is 0 Å². The van der Waals surface area contributed by atoms with Gasteiger partial charge in [0, 0.05) is 17.7 Å². The summed E-state index contributed by atoms with van der Waals surface area (Å²) in [6, 6.07) is 4.73. The fourth-order valence-corrected chi connectivity index (χ4v) is 1.65. The van der Waals surface area contributed by atoms with Gasteiger partial charge >= 0.3 is 0 Å². The lowest BCUT2D eigenvalue weighted by Crippen LogP contribution is -2.33. The van der Waals surface area contributed by atoms with Crippen molar-refractivity contribution in [2.24, 2.45) is 0 Å². The average Bonchev–Trinajstić information content (AvgIpc) is 2.38. The number of nitro benzene ring substituents is 1. The van der Waals surface area contributed by atoms with Crippen LogP contribution in [0.25, 0.3) is 0 Å². The van der Waals surface area contributed by atoms with E-state index in [0.717, 1.165) is 12.8 Å². The first-order chi connectivity index (χ1) is 8.45. The van der Waals surface area contributed by atoms with Gasteiger partial charge in [-0.2, -0.15) is 0 Å². The predicted molar refractivity (Wildman–Crippen MR) is 72.3 cm³/mol. The molecule has 0 heterocycles. The van der Waals surface area contributed by atoms with Gasteiger partial charge < -0.3 is 10.1 Å². The molecule has 1 N–H and O–H groups in total. The largest absolute Gasteiger partial charge is 0.497 e. The van der Waals surface area contributed by atoms with E-state index < -0.39 is 0 Å². The van der Waals surface area contributed by atoms with Crippen molar-refractivity contribution < 1.29 is 9.66 Å². The van der Waals surface area contributed by atoms with Gasteiger partial charge in [-0.15, -0.1) is 0 Å². The highest BCUT2D eigenvalue weighted by Crippen LogP contribution is 2.32. The molecule has 0 saturated carbocycles. The summed E-state index contributed by atoms with van der Waals surface area (Å²) in [7, 11) is 1.55. The van der Waals surface area contributed by atoms with Crippen LogP contribution in [0.5, 0.6) is 5.75 Å². The Hall–Kier alpha value is -1.78. The number of rotatable bonds is 6. The monoisotopic (exact) mass is 252 g/mol. The smallest absolute Gasteiger partial charge is 0.292 e. The van der Waals surface area contributed by atoms with Gasteiger partial charge in [-0.25, -0.2) is 0 Å². The van der Waals surface area contributed by atoms with Crippen LogP contribution in [0.3, 0.4) is 0 Å². The maximum absolute atomic E-state index is 11.0. The number of anilines is 1. The Bertz CT molecular complexity index is 428. The molecule has 0 fully saturated rings. The van der Waals surface area contributed by atoms with Crippen molar-refractivity contribution in [2.75, 3.05) is 12.4 Å². The average molecular weight is 252 g/mol. The molecular formula is C13H20N2O3. The van der Waals surface area contributed by atoms with Crippen LogP contribution in [-0.4, -0.2) is 17.6 Å². The van der Waals surface area contributed by atoms with E-state index >= 15 is 0 Å². The van der Waals surface area contributed by atoms with E-state index in [1.54, 1.807) is 19.2 Å². The van der Waals surface area contributed by atoms with Gasteiger partial charge in [0.15, 0.2) is 0 Å². The van der Waals surface area contributed by atoms with Crippen molar-refractivity contribution in [3.63, 3.8) is 0 Å². The van der Waals surface area contributed by atoms with Crippen molar-refractivity contribution in [2.45, 2.75) is 39.2 Å². The van der Waals surface area contributed by atoms with E-state index in [4.69, 9.17) is 4.74 Å². The first kappa shape index (κ1) is 14.3. The van der Waals surface area contributed by atoms with Crippen molar-refractivity contribution in [3.05, 3.63) is 28.3 Å². The quantitative estimate of drug-likeness (QED) is 0.620. The Morgan fingerprint density at radius 2 is 2.00 bits per heavy atom. The van der Waals surface area contributed by atoms with Crippen LogP contribution in [0.15, 0.2) is 18.2 Å². The maximum atomic E-state index is 11.0. The van der Waals surface area contributed by atoms with Crippen LogP contribution in [0, 0.1) is 10.1 Å². The van der Waals surface area contributed by atoms with Crippen LogP contribution in [0.2, 0.25) is 0 Å². The number of ether oxygens (including phenoxy) is 1. The highest BCUT2D eigenvalue weighted by Gasteiger charge is 2.24. The molecule has 18 heavy (non-hydrogen) atoms. The van der Waals surface area contributed by atoms with Gasteiger partial charge in [0.1, 0.15) is 11.4 Å². The molecule has 100 valence electrons. The molecule has 0 saturated heterocycles. The lowest BCUT2D eigenvalue weighted by molar-refractivity contribution is -0.384. The highest BCUT2D eigenvalue weighted by molar-refractivity contribution is 5.65. The summed E-state index contributed by atoms with van der Waals surface area (Å²) in [5, 5.41) is 14.3. The van der Waals surface area contributed by atoms with Crippen LogP contribution >= 0.6 is 0 Å². The minimum absolute atomic E-state index is 0.0731. The minimum atomic E-state index is -0.381. The molecule has 0 atom stereocenters. The standard InChI is InChI=1S/C13H20N2O3/c1-5-13(3,6-2)14-11-9-10(18-4)7-8-12(11)15(16)17/h7-9,14H,5-6H2,1-4H3. The van der Waals surface area contributed by atoms with Crippen molar-refractivity contribution in [1.29, 1.82) is 0 Å². The second kappa shape index (κ2) is 5.71. The Kier molecular flexibility index (Phi) is 4.53. The van der Waals surface area contributed by atoms with Crippen molar-refractivity contribution >= 4 is 11.4 Å². The summed E-state index contributed by atoms with van der Waals surface area (Å²) in [6.45, 7) is 6.17. The fourth-order valence-electron chi connectivity index (χ4n) is 1.65. The van der Waals surface area contributed by atoms with E-state index in [0.29, 0.717) is 11.4 Å². The Morgan fingerprint density at radius 1 is 1.39 bits per heavy atom. The molecule has 5 nitrogen and oxygen atoms in total. The van der Waals surface area contributed by atoms with E-state index in [2.05, 4.69) is 26.1 Å². The Morgan fingerprint density at radius 3 is 2.44 bits per heavy atom. The van der Waals surface area contributed by atoms with Gasteiger partial charge in [0.25, 0.3) is 5.69 Å². The maximum Gasteiger partial charge on any atom is 0.292 e. The SMILES string of the molecule is CCC(C)(CC)Nc1cc(OC)ccc1[N+](=O)[O-]. The topological polar surface area (TPSA) is 64.4 Å². The molecule has 0 aliphatic heterocycles. The van der Waals surface area contributed by atoms with Crippen LogP contribution in [0.4, 0.5) is 11.4 Å². The number of hydrogen-bond donors (Lipinski definition) is 1. The Labute approximate surface area is 107 Å². The van der Waals surface area contributed by atoms with E-state index in [-0.39, 0.29) is 16.1 Å². The van der Waals surface area contributed by atoms with E-state index in [9.17, 15) is 10.1 Å². The Balaban J connectivity index is 3.15. The molecule has 0 aliphatic rings. The second-order valence-electron chi connectivity index (χ2n) is 4.53. The molecular weight excluding hydrogens is 232 g/mol. The fraction of sp³-hybridized carbons (Fsp3) is 0.538. The molecule has 0 bridgehead atoms. The third-order valence-corrected chi connectivity index (χ3v) is 3.40. The first-order valence-electron chi connectivity index (χ1n) is 6.06. The molecule has 0 aliphatic carbocycles. The highest BCUT2D eigenvalue weighted by atomic mass is 16.6. The van der Waals surface area contributed by atoms with Gasteiger partial charge in [0.05, 0.1) is 12.0 Å². The molecule has 0 spiro atoms. The predicted octanol–water partition coefficient (Wildman–Crippen LogP) is 3.59. The van der Waals surface area contributed by atoms with E-state index in [1.165, 1.54) is 6.07 Å². The zero-order valence-electron chi connectivity index (χ0n) is 11.3. The van der Waals surface area contributed by atoms with Gasteiger partial charge in [-0.05, 0) is 25.8 Å². The molecule has 0 amide bonds. The first-order valence-corrected chi connectivity index (χ1v) is 6.06. The van der Waals surface area contributed by atoms with E-state index in [1.807, 2.05) is 0 Å². The summed E-state index contributed by atoms with van der Waals surface area (Å²) in [5.74, 6) is 0.609. The van der Waals surface area contributed by atoms with Gasteiger partial charge in [-0.3, -0.25) is 10.1 Å². The van der Waals surface area contributed by atoms with Crippen LogP contribution < -0.4 is 10.1 Å². The summed E-state index contributed by atoms with van der Waals surface area (Å²) in [4.78, 5) is 10.6. The third kappa shape index (κ3) is 3.12. The summed E-state index contributed by atoms with van der Waals surface area (Å²) in [5.41, 5.74) is 0.423. The zero-order chi connectivity index (χ0) is 13.8. The molecule has 0 unspecified atom stereocenters. The third-order valence-electron chi connectivity index (χ3n) is 3.40. The number of methoxy groups -OCH3 is 1. The summed E-state index contributed by atoms with van der Waals surface area (Å²) in [6.07, 6.45) is 1.77. The molecule has 0 radical (unpaired) electrons. The number of nitrogens with zero attached hydrogens (tertiary/aromatic N) is 1. The normalized spacial score (nSPS) is 11.1. The number of hydrogen-bond acceptors (Lipinski definition) is 4. The zero-order valence-corrected chi connectivity index (χ0v) is 11.3. The number of benzene rings is 1. The van der Waals surface area contributed by atoms with Crippen LogP contribution in [-0.2, 0) is 0 Å². The minimum Gasteiger partial charge on any atom is -0.497 e. The summed E-state index contributed by atoms with van der Waals surface area (Å²) >= 11 is 0. The number of nitrogens with one attached hydrogen (secondary N) is 1. The molecule has 5 heteroatoms. The molecule has 1 rings (SSSR count). The molecule has 1 aromatic rings. The molecule has 0 aromatic heterocycles. The number of nitro groups is 1. The lowest BCUT2D eigenvalue weighted by atomic mass is 9.95. The molecule has 1 aromatic carbocycles.